The summed E-state index contributed by atoms with van der Waals surface area (Å²) in [6, 6.07) is 5.19. The number of nitrogens with zero attached hydrogens (tertiary/aromatic N) is 2. The first-order valence-electron chi connectivity index (χ1n) is 8.53. The Bertz CT molecular complexity index is 618. The summed E-state index contributed by atoms with van der Waals surface area (Å²) in [5.74, 6) is 1.02. The van der Waals surface area contributed by atoms with Crippen LogP contribution in [-0.4, -0.2) is 68.2 Å². The van der Waals surface area contributed by atoms with E-state index >= 15 is 0 Å². The molecule has 0 atom stereocenters. The van der Waals surface area contributed by atoms with Gasteiger partial charge in [0.15, 0.2) is 0 Å². The van der Waals surface area contributed by atoms with Crippen LogP contribution in [0.4, 0.5) is 4.79 Å². The fourth-order valence-electron chi connectivity index (χ4n) is 2.81. The Morgan fingerprint density at radius 3 is 2.36 bits per heavy atom. The van der Waals surface area contributed by atoms with Gasteiger partial charge in [-0.25, -0.2) is 4.79 Å². The van der Waals surface area contributed by atoms with E-state index in [-0.39, 0.29) is 18.0 Å². The maximum absolute atomic E-state index is 12.9. The topological polar surface area (TPSA) is 71.1 Å². The number of carbonyl (C=O) groups is 2. The number of carbonyl (C=O) groups excluding carboxylic acids is 2. The quantitative estimate of drug-likeness (QED) is 0.902. The molecule has 1 aliphatic heterocycles. The molecule has 7 nitrogen and oxygen atoms in total. The molecule has 1 heterocycles. The van der Waals surface area contributed by atoms with Gasteiger partial charge in [0.25, 0.3) is 5.91 Å². The molecule has 0 unspecified atom stereocenters. The van der Waals surface area contributed by atoms with Gasteiger partial charge < -0.3 is 24.6 Å². The molecule has 0 spiro atoms. The molecule has 0 bridgehead atoms. The predicted molar refractivity (Wildman–Crippen MR) is 95.3 cm³/mol. The second-order valence-electron chi connectivity index (χ2n) is 6.30. The van der Waals surface area contributed by atoms with Crippen LogP contribution in [0.2, 0.25) is 0 Å². The monoisotopic (exact) mass is 349 g/mol. The van der Waals surface area contributed by atoms with E-state index in [2.05, 4.69) is 5.32 Å². The lowest BCUT2D eigenvalue weighted by Crippen LogP contribution is -2.44. The van der Waals surface area contributed by atoms with Crippen molar-refractivity contribution < 1.29 is 19.1 Å². The Kier molecular flexibility index (Phi) is 6.50. The Morgan fingerprint density at radius 2 is 1.72 bits per heavy atom. The number of rotatable bonds is 4. The number of benzene rings is 1. The fourth-order valence-corrected chi connectivity index (χ4v) is 2.81. The van der Waals surface area contributed by atoms with E-state index < -0.39 is 0 Å². The van der Waals surface area contributed by atoms with Gasteiger partial charge in [-0.1, -0.05) is 0 Å². The summed E-state index contributed by atoms with van der Waals surface area (Å²) in [5, 5.41) is 2.90. The SMILES string of the molecule is COc1ccc(OC)c(C(=O)N2CCCN(C(=O)NC(C)C)CC2)c1. The van der Waals surface area contributed by atoms with Gasteiger partial charge in [0.2, 0.25) is 0 Å². The maximum atomic E-state index is 12.9. The molecule has 1 saturated heterocycles. The lowest BCUT2D eigenvalue weighted by atomic mass is 10.1. The van der Waals surface area contributed by atoms with E-state index in [1.54, 1.807) is 42.2 Å². The van der Waals surface area contributed by atoms with E-state index in [0.717, 1.165) is 6.42 Å². The third kappa shape index (κ3) is 4.78. The highest BCUT2D eigenvalue weighted by Crippen LogP contribution is 2.25. The highest BCUT2D eigenvalue weighted by atomic mass is 16.5. The largest absolute Gasteiger partial charge is 0.497 e. The third-order valence-corrected chi connectivity index (χ3v) is 4.12. The van der Waals surface area contributed by atoms with Crippen LogP contribution in [0, 0.1) is 0 Å². The Balaban J connectivity index is 2.09. The van der Waals surface area contributed by atoms with Gasteiger partial charge in [-0.2, -0.15) is 0 Å². The van der Waals surface area contributed by atoms with E-state index in [0.29, 0.717) is 43.2 Å². The summed E-state index contributed by atoms with van der Waals surface area (Å²) >= 11 is 0. The minimum atomic E-state index is -0.109. The summed E-state index contributed by atoms with van der Waals surface area (Å²) in [7, 11) is 3.10. The van der Waals surface area contributed by atoms with Crippen molar-refractivity contribution in [1.82, 2.24) is 15.1 Å². The first kappa shape index (κ1) is 18.9. The average molecular weight is 349 g/mol. The molecule has 1 aromatic carbocycles. The van der Waals surface area contributed by atoms with Crippen molar-refractivity contribution >= 4 is 11.9 Å². The zero-order valence-electron chi connectivity index (χ0n) is 15.4. The van der Waals surface area contributed by atoms with Crippen molar-refractivity contribution in [2.45, 2.75) is 26.3 Å². The van der Waals surface area contributed by atoms with Crippen LogP contribution in [-0.2, 0) is 0 Å². The second-order valence-corrected chi connectivity index (χ2v) is 6.30. The number of methoxy groups -OCH3 is 2. The molecular weight excluding hydrogens is 322 g/mol. The summed E-state index contributed by atoms with van der Waals surface area (Å²) in [6.45, 7) is 6.10. The number of hydrogen-bond donors (Lipinski definition) is 1. The van der Waals surface area contributed by atoms with Gasteiger partial charge >= 0.3 is 6.03 Å². The normalized spacial score (nSPS) is 14.9. The van der Waals surface area contributed by atoms with E-state index in [1.807, 2.05) is 13.8 Å². The first-order chi connectivity index (χ1) is 12.0. The average Bonchev–Trinajstić information content (AvgIpc) is 2.86. The molecule has 1 fully saturated rings. The maximum Gasteiger partial charge on any atom is 0.317 e. The number of urea groups is 1. The zero-order chi connectivity index (χ0) is 18.4. The van der Waals surface area contributed by atoms with Crippen molar-refractivity contribution in [3.63, 3.8) is 0 Å². The summed E-state index contributed by atoms with van der Waals surface area (Å²) in [6.07, 6.45) is 0.740. The number of hydrogen-bond acceptors (Lipinski definition) is 4. The Hall–Kier alpha value is -2.44. The fraction of sp³-hybridized carbons (Fsp3) is 0.556. The highest BCUT2D eigenvalue weighted by molar-refractivity contribution is 5.97. The number of ether oxygens (including phenoxy) is 2. The van der Waals surface area contributed by atoms with Crippen molar-refractivity contribution in [2.24, 2.45) is 0 Å². The van der Waals surface area contributed by atoms with Gasteiger partial charge in [0, 0.05) is 32.2 Å². The predicted octanol–water partition coefficient (Wildman–Crippen LogP) is 1.97. The molecule has 25 heavy (non-hydrogen) atoms. The molecule has 0 saturated carbocycles. The molecule has 0 aromatic heterocycles. The van der Waals surface area contributed by atoms with Gasteiger partial charge in [0.05, 0.1) is 19.8 Å². The minimum absolute atomic E-state index is 0.0803. The number of amides is 3. The molecule has 1 aliphatic rings. The van der Waals surface area contributed by atoms with Gasteiger partial charge in [0.1, 0.15) is 11.5 Å². The molecule has 0 aliphatic carbocycles. The first-order valence-corrected chi connectivity index (χ1v) is 8.53. The molecule has 3 amide bonds. The van der Waals surface area contributed by atoms with Gasteiger partial charge in [-0.3, -0.25) is 4.79 Å². The highest BCUT2D eigenvalue weighted by Gasteiger charge is 2.25. The van der Waals surface area contributed by atoms with Crippen molar-refractivity contribution in [3.05, 3.63) is 23.8 Å². The van der Waals surface area contributed by atoms with Crippen LogP contribution in [0.1, 0.15) is 30.6 Å². The Morgan fingerprint density at radius 1 is 1.04 bits per heavy atom. The van der Waals surface area contributed by atoms with Gasteiger partial charge in [-0.05, 0) is 38.5 Å². The van der Waals surface area contributed by atoms with Crippen LogP contribution >= 0.6 is 0 Å². The summed E-state index contributed by atoms with van der Waals surface area (Å²) in [5.41, 5.74) is 0.474. The third-order valence-electron chi connectivity index (χ3n) is 4.12. The van der Waals surface area contributed by atoms with Crippen LogP contribution in [0.15, 0.2) is 18.2 Å². The summed E-state index contributed by atoms with van der Waals surface area (Å²) in [4.78, 5) is 28.6. The molecule has 1 N–H and O–H groups in total. The minimum Gasteiger partial charge on any atom is -0.497 e. The second kappa shape index (κ2) is 8.60. The summed E-state index contributed by atoms with van der Waals surface area (Å²) < 4.78 is 10.5. The van der Waals surface area contributed by atoms with Crippen molar-refractivity contribution in [3.8, 4) is 11.5 Å². The van der Waals surface area contributed by atoms with E-state index in [4.69, 9.17) is 9.47 Å². The lowest BCUT2D eigenvalue weighted by Gasteiger charge is -2.24. The van der Waals surface area contributed by atoms with Crippen LogP contribution in [0.5, 0.6) is 11.5 Å². The van der Waals surface area contributed by atoms with Crippen LogP contribution in [0.25, 0.3) is 0 Å². The molecule has 2 rings (SSSR count). The smallest absolute Gasteiger partial charge is 0.317 e. The molecule has 0 radical (unpaired) electrons. The van der Waals surface area contributed by atoms with E-state index in [9.17, 15) is 9.59 Å². The van der Waals surface area contributed by atoms with Crippen LogP contribution < -0.4 is 14.8 Å². The standard InChI is InChI=1S/C18H27N3O4/c1-13(2)19-18(23)21-9-5-8-20(10-11-21)17(22)15-12-14(24-3)6-7-16(15)25-4/h6-7,12-13H,5,8-11H2,1-4H3,(H,19,23). The van der Waals surface area contributed by atoms with Crippen molar-refractivity contribution in [2.75, 3.05) is 40.4 Å². The molecule has 7 heteroatoms. The van der Waals surface area contributed by atoms with E-state index in [1.165, 1.54) is 0 Å². The lowest BCUT2D eigenvalue weighted by molar-refractivity contribution is 0.0758. The molecule has 138 valence electrons. The van der Waals surface area contributed by atoms with Gasteiger partial charge in [-0.15, -0.1) is 0 Å². The van der Waals surface area contributed by atoms with Crippen LogP contribution in [0.3, 0.4) is 0 Å². The molecular formula is C18H27N3O4. The molecule has 1 aromatic rings. The number of nitrogens with one attached hydrogen (secondary N) is 1. The Labute approximate surface area is 148 Å². The zero-order valence-corrected chi connectivity index (χ0v) is 15.4. The van der Waals surface area contributed by atoms with Crippen molar-refractivity contribution in [1.29, 1.82) is 0 Å².